The molecule has 11 heteroatoms. The number of amides is 4. The van der Waals surface area contributed by atoms with E-state index in [2.05, 4.69) is 10.6 Å². The van der Waals surface area contributed by atoms with Crippen molar-refractivity contribution in [3.8, 4) is 0 Å². The molecule has 1 unspecified atom stereocenters. The summed E-state index contributed by atoms with van der Waals surface area (Å²) in [5.74, 6) is -1.54. The van der Waals surface area contributed by atoms with Crippen molar-refractivity contribution in [3.63, 3.8) is 0 Å². The molecule has 31 heavy (non-hydrogen) atoms. The van der Waals surface area contributed by atoms with Crippen LogP contribution in [0.5, 0.6) is 0 Å². The molecule has 2 atom stereocenters. The van der Waals surface area contributed by atoms with E-state index < -0.39 is 30.1 Å². The number of urea groups is 1. The Kier molecular flexibility index (Phi) is 6.48. The van der Waals surface area contributed by atoms with Crippen molar-refractivity contribution in [1.82, 2.24) is 0 Å². The highest BCUT2D eigenvalue weighted by molar-refractivity contribution is 6.04. The number of nitrogens with one attached hydrogen (secondary N) is 3. The standard InChI is InChI=1S/C20H22N6O5/c21-17(22)11-4-6-12(7-5-11)24-18(28)15(27)16-19(29)26(8-9-31-16)14-3-1-2-13(10-14)25-20(23)30/h1-7,10,15-16,27H,8-9H2,(H3,21,22)(H,24,28)(H3,23,25,30)/t15-,16?/m1/s1. The predicted molar refractivity (Wildman–Crippen MR) is 114 cm³/mol. The minimum atomic E-state index is -1.75. The van der Waals surface area contributed by atoms with Crippen LogP contribution in [0.3, 0.4) is 0 Å². The lowest BCUT2D eigenvalue weighted by Crippen LogP contribution is -2.55. The van der Waals surface area contributed by atoms with Gasteiger partial charge in [-0.2, -0.15) is 0 Å². The summed E-state index contributed by atoms with van der Waals surface area (Å²) in [5.41, 5.74) is 12.2. The van der Waals surface area contributed by atoms with Crippen molar-refractivity contribution < 1.29 is 24.2 Å². The van der Waals surface area contributed by atoms with Crippen LogP contribution in [0.4, 0.5) is 21.9 Å². The van der Waals surface area contributed by atoms with E-state index in [1.807, 2.05) is 0 Å². The van der Waals surface area contributed by atoms with E-state index in [0.29, 0.717) is 22.6 Å². The van der Waals surface area contributed by atoms with Crippen LogP contribution in [0.15, 0.2) is 48.5 Å². The number of aliphatic hydroxyl groups excluding tert-OH is 1. The molecule has 3 rings (SSSR count). The van der Waals surface area contributed by atoms with Gasteiger partial charge in [-0.25, -0.2) is 4.79 Å². The van der Waals surface area contributed by atoms with Gasteiger partial charge in [0.05, 0.1) is 6.61 Å². The van der Waals surface area contributed by atoms with Crippen molar-refractivity contribution in [2.45, 2.75) is 12.2 Å². The zero-order valence-corrected chi connectivity index (χ0v) is 16.4. The third kappa shape index (κ3) is 5.15. The molecule has 0 aliphatic carbocycles. The molecule has 2 aromatic carbocycles. The Balaban J connectivity index is 1.70. The fourth-order valence-corrected chi connectivity index (χ4v) is 3.07. The zero-order chi connectivity index (χ0) is 22.5. The Hall–Kier alpha value is -3.96. The molecule has 2 aromatic rings. The highest BCUT2D eigenvalue weighted by atomic mass is 16.5. The molecule has 0 radical (unpaired) electrons. The van der Waals surface area contributed by atoms with E-state index in [1.165, 1.54) is 17.0 Å². The first kappa shape index (κ1) is 21.7. The number of carbonyl (C=O) groups excluding carboxylic acids is 3. The van der Waals surface area contributed by atoms with Crippen molar-refractivity contribution in [2.75, 3.05) is 28.7 Å². The lowest BCUT2D eigenvalue weighted by Gasteiger charge is -2.34. The smallest absolute Gasteiger partial charge is 0.316 e. The maximum Gasteiger partial charge on any atom is 0.316 e. The van der Waals surface area contributed by atoms with E-state index in [9.17, 15) is 19.5 Å². The number of rotatable bonds is 6. The average Bonchev–Trinajstić information content (AvgIpc) is 2.73. The number of benzene rings is 2. The Bertz CT molecular complexity index is 1010. The molecule has 0 bridgehead atoms. The van der Waals surface area contributed by atoms with Gasteiger partial charge in [-0.3, -0.25) is 15.0 Å². The van der Waals surface area contributed by atoms with Crippen LogP contribution in [-0.2, 0) is 14.3 Å². The van der Waals surface area contributed by atoms with Gasteiger partial charge in [0.1, 0.15) is 5.84 Å². The van der Waals surface area contributed by atoms with E-state index in [1.54, 1.807) is 36.4 Å². The molecular formula is C20H22N6O5. The fourth-order valence-electron chi connectivity index (χ4n) is 3.07. The molecule has 0 spiro atoms. The van der Waals surface area contributed by atoms with Gasteiger partial charge in [0.15, 0.2) is 12.2 Å². The number of nitrogen functional groups attached to an aromatic ring is 1. The van der Waals surface area contributed by atoms with E-state index in [0.717, 1.165) is 0 Å². The molecule has 1 aliphatic heterocycles. The van der Waals surface area contributed by atoms with Crippen LogP contribution in [0.1, 0.15) is 5.56 Å². The normalized spacial score (nSPS) is 17.0. The SMILES string of the molecule is N=C(N)c1ccc(NC(=O)[C@H](O)C2OCCN(c3cccc(NC(N)=O)c3)C2=O)cc1. The number of nitrogens with zero attached hydrogens (tertiary/aromatic N) is 1. The van der Waals surface area contributed by atoms with Gasteiger partial charge in [0.25, 0.3) is 11.8 Å². The molecule has 0 aromatic heterocycles. The van der Waals surface area contributed by atoms with Gasteiger partial charge < -0.3 is 36.8 Å². The highest BCUT2D eigenvalue weighted by Crippen LogP contribution is 2.24. The fraction of sp³-hybridized carbons (Fsp3) is 0.200. The topological polar surface area (TPSA) is 184 Å². The average molecular weight is 426 g/mol. The maximum absolute atomic E-state index is 12.9. The monoisotopic (exact) mass is 426 g/mol. The van der Waals surface area contributed by atoms with E-state index in [-0.39, 0.29) is 19.0 Å². The van der Waals surface area contributed by atoms with Crippen LogP contribution in [0, 0.1) is 5.41 Å². The number of hydrogen-bond acceptors (Lipinski definition) is 6. The van der Waals surface area contributed by atoms with Gasteiger partial charge in [0, 0.05) is 29.2 Å². The second-order valence-corrected chi connectivity index (χ2v) is 6.75. The van der Waals surface area contributed by atoms with Crippen molar-refractivity contribution in [1.29, 1.82) is 5.41 Å². The van der Waals surface area contributed by atoms with Crippen molar-refractivity contribution >= 4 is 40.7 Å². The molecule has 0 saturated carbocycles. The minimum Gasteiger partial charge on any atom is -0.384 e. The van der Waals surface area contributed by atoms with Gasteiger partial charge in [0.2, 0.25) is 0 Å². The summed E-state index contributed by atoms with van der Waals surface area (Å²) in [5, 5.41) is 22.7. The quantitative estimate of drug-likeness (QED) is 0.283. The number of anilines is 3. The summed E-state index contributed by atoms with van der Waals surface area (Å²) >= 11 is 0. The number of morpholine rings is 1. The first-order valence-electron chi connectivity index (χ1n) is 9.29. The van der Waals surface area contributed by atoms with Crippen LogP contribution in [-0.4, -0.2) is 54.1 Å². The van der Waals surface area contributed by atoms with Crippen LogP contribution < -0.4 is 27.0 Å². The zero-order valence-electron chi connectivity index (χ0n) is 16.4. The second-order valence-electron chi connectivity index (χ2n) is 6.75. The molecule has 8 N–H and O–H groups in total. The Labute approximate surface area is 177 Å². The molecule has 4 amide bonds. The number of primary amides is 1. The van der Waals surface area contributed by atoms with Crippen molar-refractivity contribution in [2.24, 2.45) is 11.5 Å². The van der Waals surface area contributed by atoms with E-state index in [4.69, 9.17) is 21.6 Å². The number of nitrogens with two attached hydrogens (primary N) is 2. The first-order valence-corrected chi connectivity index (χ1v) is 9.29. The largest absolute Gasteiger partial charge is 0.384 e. The maximum atomic E-state index is 12.9. The van der Waals surface area contributed by atoms with Gasteiger partial charge in [-0.1, -0.05) is 6.07 Å². The number of hydrogen-bond donors (Lipinski definition) is 6. The van der Waals surface area contributed by atoms with Gasteiger partial charge in [-0.15, -0.1) is 0 Å². The Morgan fingerprint density at radius 2 is 1.84 bits per heavy atom. The van der Waals surface area contributed by atoms with Crippen LogP contribution in [0.25, 0.3) is 0 Å². The summed E-state index contributed by atoms with van der Waals surface area (Å²) in [7, 11) is 0. The van der Waals surface area contributed by atoms with Crippen LogP contribution in [0.2, 0.25) is 0 Å². The molecule has 11 nitrogen and oxygen atoms in total. The molecule has 1 aliphatic rings. The highest BCUT2D eigenvalue weighted by Gasteiger charge is 2.39. The Morgan fingerprint density at radius 3 is 2.48 bits per heavy atom. The lowest BCUT2D eigenvalue weighted by molar-refractivity contribution is -0.150. The van der Waals surface area contributed by atoms with E-state index >= 15 is 0 Å². The molecular weight excluding hydrogens is 404 g/mol. The number of carbonyl (C=O) groups is 3. The summed E-state index contributed by atoms with van der Waals surface area (Å²) < 4.78 is 5.37. The summed E-state index contributed by atoms with van der Waals surface area (Å²) in [4.78, 5) is 37.8. The molecule has 1 fully saturated rings. The minimum absolute atomic E-state index is 0.0987. The lowest BCUT2D eigenvalue weighted by atomic mass is 10.1. The predicted octanol–water partition coefficient (Wildman–Crippen LogP) is 0.193. The van der Waals surface area contributed by atoms with Crippen LogP contribution >= 0.6 is 0 Å². The second kappa shape index (κ2) is 9.24. The molecule has 1 heterocycles. The summed E-state index contributed by atoms with van der Waals surface area (Å²) in [6.07, 6.45) is -3.16. The Morgan fingerprint density at radius 1 is 1.13 bits per heavy atom. The third-order valence-corrected chi connectivity index (χ3v) is 4.57. The molecule has 162 valence electrons. The number of aliphatic hydroxyl groups is 1. The van der Waals surface area contributed by atoms with Gasteiger partial charge in [-0.05, 0) is 42.5 Å². The summed E-state index contributed by atoms with van der Waals surface area (Å²) in [6, 6.07) is 11.8. The third-order valence-electron chi connectivity index (χ3n) is 4.57. The first-order chi connectivity index (χ1) is 14.8. The number of ether oxygens (including phenoxy) is 1. The summed E-state index contributed by atoms with van der Waals surface area (Å²) in [6.45, 7) is 0.303. The number of amidine groups is 1. The molecule has 1 saturated heterocycles. The van der Waals surface area contributed by atoms with Gasteiger partial charge >= 0.3 is 6.03 Å². The van der Waals surface area contributed by atoms with Crippen molar-refractivity contribution in [3.05, 3.63) is 54.1 Å².